The highest BCUT2D eigenvalue weighted by molar-refractivity contribution is 6.04. The van der Waals surface area contributed by atoms with Crippen molar-refractivity contribution < 1.29 is 19.4 Å². The van der Waals surface area contributed by atoms with Crippen LogP contribution in [0, 0.1) is 0 Å². The van der Waals surface area contributed by atoms with E-state index in [1.807, 2.05) is 0 Å². The van der Waals surface area contributed by atoms with Crippen LogP contribution in [0.3, 0.4) is 0 Å². The van der Waals surface area contributed by atoms with E-state index in [-0.39, 0.29) is 17.7 Å². The van der Waals surface area contributed by atoms with Crippen molar-refractivity contribution in [2.45, 2.75) is 6.92 Å². The molecule has 0 fully saturated rings. The average molecular weight is 220 g/mol. The first-order valence-corrected chi connectivity index (χ1v) is 4.77. The molecule has 4 nitrogen and oxygen atoms in total. The maximum Gasteiger partial charge on any atom is 0.339 e. The van der Waals surface area contributed by atoms with Gasteiger partial charge in [0.25, 0.3) is 0 Å². The van der Waals surface area contributed by atoms with Gasteiger partial charge >= 0.3 is 11.9 Å². The zero-order valence-electron chi connectivity index (χ0n) is 8.90. The molecule has 0 amide bonds. The Morgan fingerprint density at radius 1 is 1.50 bits per heavy atom. The molecule has 84 valence electrons. The van der Waals surface area contributed by atoms with Crippen LogP contribution in [0.1, 0.15) is 33.2 Å². The molecule has 0 aliphatic heterocycles. The molecule has 0 atom stereocenters. The molecule has 0 bridgehead atoms. The van der Waals surface area contributed by atoms with Gasteiger partial charge in [0, 0.05) is 0 Å². The smallest absolute Gasteiger partial charge is 0.339 e. The van der Waals surface area contributed by atoms with Gasteiger partial charge in [0.15, 0.2) is 0 Å². The van der Waals surface area contributed by atoms with E-state index in [0.717, 1.165) is 0 Å². The fourth-order valence-corrected chi connectivity index (χ4v) is 1.36. The lowest BCUT2D eigenvalue weighted by molar-refractivity contribution is 0.0514. The monoisotopic (exact) mass is 220 g/mol. The molecule has 0 unspecified atom stereocenters. The Kier molecular flexibility index (Phi) is 3.83. The predicted molar refractivity (Wildman–Crippen MR) is 59.4 cm³/mol. The number of carboxylic acids is 1. The van der Waals surface area contributed by atoms with Crippen LogP contribution in [0.15, 0.2) is 24.8 Å². The molecule has 1 aromatic rings. The number of benzene rings is 1. The van der Waals surface area contributed by atoms with Gasteiger partial charge in [0.2, 0.25) is 0 Å². The van der Waals surface area contributed by atoms with Crippen molar-refractivity contribution in [1.29, 1.82) is 0 Å². The number of carbonyl (C=O) groups excluding carboxylic acids is 1. The summed E-state index contributed by atoms with van der Waals surface area (Å²) in [6.07, 6.45) is 1.40. The summed E-state index contributed by atoms with van der Waals surface area (Å²) in [4.78, 5) is 22.6. The van der Waals surface area contributed by atoms with Crippen molar-refractivity contribution in [2.75, 3.05) is 6.61 Å². The Labute approximate surface area is 93.2 Å². The lowest BCUT2D eigenvalue weighted by Gasteiger charge is -2.07. The number of carbonyl (C=O) groups is 2. The predicted octanol–water partition coefficient (Wildman–Crippen LogP) is 2.20. The van der Waals surface area contributed by atoms with E-state index in [1.165, 1.54) is 12.1 Å². The summed E-state index contributed by atoms with van der Waals surface area (Å²) < 4.78 is 4.78. The summed E-state index contributed by atoms with van der Waals surface area (Å²) in [7, 11) is 0. The van der Waals surface area contributed by atoms with E-state index in [0.29, 0.717) is 5.56 Å². The van der Waals surface area contributed by atoms with Crippen LogP contribution in [0.2, 0.25) is 0 Å². The summed E-state index contributed by atoms with van der Waals surface area (Å²) in [6, 6.07) is 4.60. The molecule has 0 saturated carbocycles. The van der Waals surface area contributed by atoms with Gasteiger partial charge in [-0.2, -0.15) is 0 Å². The Hall–Kier alpha value is -2.10. The number of ether oxygens (including phenoxy) is 1. The number of esters is 1. The first kappa shape index (κ1) is 12.0. The van der Waals surface area contributed by atoms with Gasteiger partial charge in [-0.25, -0.2) is 9.59 Å². The van der Waals surface area contributed by atoms with E-state index in [4.69, 9.17) is 9.84 Å². The molecule has 0 spiro atoms. The SMILES string of the molecule is C=Cc1cccc(C(=O)OCC)c1C(=O)O. The molecule has 0 saturated heterocycles. The van der Waals surface area contributed by atoms with E-state index < -0.39 is 11.9 Å². The number of hydrogen-bond acceptors (Lipinski definition) is 3. The third-order valence-corrected chi connectivity index (χ3v) is 2.03. The average Bonchev–Trinajstić information content (AvgIpc) is 2.28. The molecule has 16 heavy (non-hydrogen) atoms. The van der Waals surface area contributed by atoms with Gasteiger partial charge in [-0.3, -0.25) is 0 Å². The third-order valence-electron chi connectivity index (χ3n) is 2.03. The van der Waals surface area contributed by atoms with Crippen molar-refractivity contribution >= 4 is 18.0 Å². The fraction of sp³-hybridized carbons (Fsp3) is 0.167. The summed E-state index contributed by atoms with van der Waals surface area (Å²) in [5.41, 5.74) is 0.376. The van der Waals surface area contributed by atoms with Gasteiger partial charge in [-0.05, 0) is 18.6 Å². The van der Waals surface area contributed by atoms with Crippen LogP contribution >= 0.6 is 0 Å². The lowest BCUT2D eigenvalue weighted by atomic mass is 10.0. The number of hydrogen-bond donors (Lipinski definition) is 1. The van der Waals surface area contributed by atoms with Crippen LogP contribution in [0.25, 0.3) is 6.08 Å². The quantitative estimate of drug-likeness (QED) is 0.790. The van der Waals surface area contributed by atoms with Gasteiger partial charge in [0.05, 0.1) is 17.7 Å². The van der Waals surface area contributed by atoms with Crippen LogP contribution in [0.5, 0.6) is 0 Å². The number of rotatable bonds is 4. The standard InChI is InChI=1S/C12H12O4/c1-3-8-6-5-7-9(10(8)11(13)14)12(15)16-4-2/h3,5-7H,1,4H2,2H3,(H,13,14). The van der Waals surface area contributed by atoms with Gasteiger partial charge < -0.3 is 9.84 Å². The highest BCUT2D eigenvalue weighted by Gasteiger charge is 2.19. The van der Waals surface area contributed by atoms with Crippen LogP contribution in [-0.4, -0.2) is 23.7 Å². The normalized spacial score (nSPS) is 9.56. The Morgan fingerprint density at radius 3 is 2.69 bits per heavy atom. The second-order valence-electron chi connectivity index (χ2n) is 3.00. The lowest BCUT2D eigenvalue weighted by Crippen LogP contribution is -2.13. The first-order valence-electron chi connectivity index (χ1n) is 4.77. The second kappa shape index (κ2) is 5.11. The van der Waals surface area contributed by atoms with Crippen LogP contribution in [-0.2, 0) is 4.74 Å². The topological polar surface area (TPSA) is 63.6 Å². The second-order valence-corrected chi connectivity index (χ2v) is 3.00. The van der Waals surface area contributed by atoms with Crippen LogP contribution < -0.4 is 0 Å². The number of carboxylic acid groups (broad SMARTS) is 1. The van der Waals surface area contributed by atoms with Gasteiger partial charge in [-0.1, -0.05) is 24.8 Å². The summed E-state index contributed by atoms with van der Waals surface area (Å²) in [6.45, 7) is 5.37. The highest BCUT2D eigenvalue weighted by Crippen LogP contribution is 2.17. The minimum absolute atomic E-state index is 0.0479. The van der Waals surface area contributed by atoms with Crippen molar-refractivity contribution in [2.24, 2.45) is 0 Å². The molecule has 0 aliphatic rings. The third kappa shape index (κ3) is 2.28. The summed E-state index contributed by atoms with van der Waals surface area (Å²) in [5.74, 6) is -1.80. The number of aromatic carboxylic acids is 1. The maximum absolute atomic E-state index is 11.5. The summed E-state index contributed by atoms with van der Waals surface area (Å²) >= 11 is 0. The molecule has 1 N–H and O–H groups in total. The molecule has 1 rings (SSSR count). The van der Waals surface area contributed by atoms with Crippen molar-refractivity contribution in [3.05, 3.63) is 41.5 Å². The van der Waals surface area contributed by atoms with Crippen molar-refractivity contribution in [3.63, 3.8) is 0 Å². The highest BCUT2D eigenvalue weighted by atomic mass is 16.5. The van der Waals surface area contributed by atoms with E-state index in [2.05, 4.69) is 6.58 Å². The minimum atomic E-state index is -1.17. The molecular weight excluding hydrogens is 208 g/mol. The molecule has 0 aliphatic carbocycles. The molecular formula is C12H12O4. The van der Waals surface area contributed by atoms with Gasteiger partial charge in [0.1, 0.15) is 0 Å². The largest absolute Gasteiger partial charge is 0.478 e. The molecule has 0 aromatic heterocycles. The maximum atomic E-state index is 11.5. The van der Waals surface area contributed by atoms with Crippen molar-refractivity contribution in [1.82, 2.24) is 0 Å². The zero-order chi connectivity index (χ0) is 12.1. The first-order chi connectivity index (χ1) is 7.61. The molecule has 0 heterocycles. The van der Waals surface area contributed by atoms with Crippen molar-refractivity contribution in [3.8, 4) is 0 Å². The van der Waals surface area contributed by atoms with E-state index in [1.54, 1.807) is 19.1 Å². The summed E-state index contributed by atoms with van der Waals surface area (Å²) in [5, 5.41) is 9.04. The molecule has 1 aromatic carbocycles. The van der Waals surface area contributed by atoms with E-state index >= 15 is 0 Å². The molecule has 4 heteroatoms. The Bertz CT molecular complexity index is 435. The van der Waals surface area contributed by atoms with E-state index in [9.17, 15) is 9.59 Å². The minimum Gasteiger partial charge on any atom is -0.478 e. The Balaban J connectivity index is 3.32. The fourth-order valence-electron chi connectivity index (χ4n) is 1.36. The Morgan fingerprint density at radius 2 is 2.19 bits per heavy atom. The van der Waals surface area contributed by atoms with Crippen LogP contribution in [0.4, 0.5) is 0 Å². The molecule has 0 radical (unpaired) electrons. The van der Waals surface area contributed by atoms with Gasteiger partial charge in [-0.15, -0.1) is 0 Å². The zero-order valence-corrected chi connectivity index (χ0v) is 8.90.